The second-order valence-electron chi connectivity index (χ2n) is 8.29. The molecule has 1 aliphatic carbocycles. The Morgan fingerprint density at radius 2 is 1.97 bits per heavy atom. The van der Waals surface area contributed by atoms with Gasteiger partial charge in [0, 0.05) is 45.6 Å². The number of aromatic nitrogens is 2. The van der Waals surface area contributed by atoms with Gasteiger partial charge in [-0.1, -0.05) is 43.7 Å². The highest BCUT2D eigenvalue weighted by Gasteiger charge is 2.26. The number of benzene rings is 1. The van der Waals surface area contributed by atoms with Gasteiger partial charge in [0.05, 0.1) is 18.8 Å². The zero-order valence-electron chi connectivity index (χ0n) is 19.8. The molecular weight excluding hydrogens is 533 g/mol. The maximum atomic E-state index is 12.3. The van der Waals surface area contributed by atoms with E-state index in [1.54, 1.807) is 0 Å². The molecule has 1 heterocycles. The Morgan fingerprint density at radius 3 is 2.66 bits per heavy atom. The minimum Gasteiger partial charge on any atom is -0.357 e. The van der Waals surface area contributed by atoms with Crippen LogP contribution in [0.5, 0.6) is 0 Å². The van der Waals surface area contributed by atoms with Crippen LogP contribution in [0.25, 0.3) is 0 Å². The molecule has 1 aromatic heterocycles. The smallest absolute Gasteiger partial charge is 0.191 e. The predicted octanol–water partition coefficient (Wildman–Crippen LogP) is 4.30. The van der Waals surface area contributed by atoms with E-state index in [0.29, 0.717) is 17.8 Å². The molecule has 32 heavy (non-hydrogen) atoms. The van der Waals surface area contributed by atoms with Crippen molar-refractivity contribution in [3.8, 4) is 0 Å². The minimum atomic E-state index is -0.718. The summed E-state index contributed by atoms with van der Waals surface area (Å²) in [6, 6.07) is 10.7. The average molecular weight is 572 g/mol. The third-order valence-electron chi connectivity index (χ3n) is 6.07. The number of aryl methyl sites for hydroxylation is 1. The van der Waals surface area contributed by atoms with Crippen LogP contribution >= 0.6 is 24.0 Å². The summed E-state index contributed by atoms with van der Waals surface area (Å²) in [5.74, 6) is 1.59. The van der Waals surface area contributed by atoms with Gasteiger partial charge >= 0.3 is 0 Å². The van der Waals surface area contributed by atoms with Gasteiger partial charge in [-0.3, -0.25) is 8.89 Å². The van der Waals surface area contributed by atoms with Crippen molar-refractivity contribution in [1.29, 1.82) is 0 Å². The average Bonchev–Trinajstić information content (AvgIpc) is 3.04. The molecule has 3 rings (SSSR count). The Bertz CT molecular complexity index is 899. The molecule has 1 aromatic carbocycles. The third kappa shape index (κ3) is 7.30. The molecule has 0 bridgehead atoms. The van der Waals surface area contributed by atoms with Crippen molar-refractivity contribution in [2.24, 2.45) is 4.99 Å². The topological polar surface area (TPSA) is 71.3 Å². The summed E-state index contributed by atoms with van der Waals surface area (Å²) in [7, 11) is -0.718. The number of hydrogen-bond acceptors (Lipinski definition) is 3. The number of nitrogens with zero attached hydrogens (tertiary/aromatic N) is 3. The van der Waals surface area contributed by atoms with Gasteiger partial charge in [-0.2, -0.15) is 5.10 Å². The third-order valence-corrected chi connectivity index (χ3v) is 7.81. The fraction of sp³-hybridized carbons (Fsp3) is 0.583. The standard InChI is InChI=1S/C24H37N5OS.HI/c1-5-25-24(27-21-13-10-14-22(15-21)31(30)6-2)26-16-23-18(3)28-29(19(23)4)17-20-11-8-7-9-12-20;/h7-9,11-12,21-22H,5-6,10,13-17H2,1-4H3,(H2,25,26,27);1H. The Kier molecular flexibility index (Phi) is 11.2. The number of nitrogens with one attached hydrogen (secondary N) is 2. The predicted molar refractivity (Wildman–Crippen MR) is 145 cm³/mol. The van der Waals surface area contributed by atoms with Crippen LogP contribution in [0.3, 0.4) is 0 Å². The Morgan fingerprint density at radius 1 is 1.22 bits per heavy atom. The van der Waals surface area contributed by atoms with Crippen molar-refractivity contribution in [1.82, 2.24) is 20.4 Å². The summed E-state index contributed by atoms with van der Waals surface area (Å²) in [6.07, 6.45) is 4.26. The van der Waals surface area contributed by atoms with E-state index in [1.807, 2.05) is 13.0 Å². The van der Waals surface area contributed by atoms with Crippen LogP contribution < -0.4 is 10.6 Å². The first kappa shape index (κ1) is 26.8. The van der Waals surface area contributed by atoms with Gasteiger partial charge in [0.1, 0.15) is 0 Å². The molecule has 3 atom stereocenters. The largest absolute Gasteiger partial charge is 0.357 e. The molecule has 1 fully saturated rings. The quantitative estimate of drug-likeness (QED) is 0.282. The van der Waals surface area contributed by atoms with Crippen LogP contribution in [-0.4, -0.2) is 43.5 Å². The van der Waals surface area contributed by atoms with Gasteiger partial charge in [-0.25, -0.2) is 4.99 Å². The van der Waals surface area contributed by atoms with Crippen molar-refractivity contribution in [2.45, 2.75) is 77.8 Å². The van der Waals surface area contributed by atoms with E-state index in [4.69, 9.17) is 10.1 Å². The number of halogens is 1. The first-order chi connectivity index (χ1) is 15.0. The van der Waals surface area contributed by atoms with E-state index in [-0.39, 0.29) is 24.0 Å². The van der Waals surface area contributed by atoms with E-state index < -0.39 is 10.8 Å². The minimum absolute atomic E-state index is 0. The van der Waals surface area contributed by atoms with Crippen molar-refractivity contribution < 1.29 is 4.21 Å². The fourth-order valence-electron chi connectivity index (χ4n) is 4.30. The van der Waals surface area contributed by atoms with Crippen molar-refractivity contribution in [3.05, 3.63) is 52.8 Å². The zero-order valence-corrected chi connectivity index (χ0v) is 22.9. The van der Waals surface area contributed by atoms with Gasteiger partial charge in [-0.05, 0) is 45.6 Å². The molecule has 0 saturated heterocycles. The molecule has 6 nitrogen and oxygen atoms in total. The molecule has 2 N–H and O–H groups in total. The lowest BCUT2D eigenvalue weighted by Gasteiger charge is -2.30. The van der Waals surface area contributed by atoms with Crippen molar-refractivity contribution in [2.75, 3.05) is 12.3 Å². The lowest BCUT2D eigenvalue weighted by atomic mass is 9.95. The van der Waals surface area contributed by atoms with Crippen LogP contribution in [0.4, 0.5) is 0 Å². The van der Waals surface area contributed by atoms with Gasteiger partial charge in [0.15, 0.2) is 5.96 Å². The Hall–Kier alpha value is -1.42. The first-order valence-electron chi connectivity index (χ1n) is 11.5. The summed E-state index contributed by atoms with van der Waals surface area (Å²) < 4.78 is 14.3. The van der Waals surface area contributed by atoms with Crippen LogP contribution in [0.2, 0.25) is 0 Å². The molecule has 2 aromatic rings. The van der Waals surface area contributed by atoms with Crippen LogP contribution in [0, 0.1) is 13.8 Å². The van der Waals surface area contributed by atoms with Crippen LogP contribution in [0.15, 0.2) is 35.3 Å². The molecule has 3 unspecified atom stereocenters. The molecular formula is C24H38IN5OS. The molecule has 0 spiro atoms. The van der Waals surface area contributed by atoms with E-state index in [1.165, 1.54) is 11.1 Å². The molecule has 0 aliphatic heterocycles. The lowest BCUT2D eigenvalue weighted by molar-refractivity contribution is 0.413. The monoisotopic (exact) mass is 571 g/mol. The number of guanidine groups is 1. The SMILES string of the molecule is CCNC(=NCc1c(C)nn(Cc2ccccc2)c1C)NC1CCCC(S(=O)CC)C1.I. The number of aliphatic imine (C=N–C) groups is 1. The van der Waals surface area contributed by atoms with E-state index in [0.717, 1.165) is 61.9 Å². The summed E-state index contributed by atoms with van der Waals surface area (Å²) in [5.41, 5.74) is 4.62. The molecule has 8 heteroatoms. The molecule has 178 valence electrons. The summed E-state index contributed by atoms with van der Waals surface area (Å²) in [5, 5.41) is 12.0. The van der Waals surface area contributed by atoms with Crippen LogP contribution in [0.1, 0.15) is 62.0 Å². The van der Waals surface area contributed by atoms with Gasteiger partial charge in [0.2, 0.25) is 0 Å². The van der Waals surface area contributed by atoms with Crippen molar-refractivity contribution in [3.63, 3.8) is 0 Å². The highest BCUT2D eigenvalue weighted by atomic mass is 127. The van der Waals surface area contributed by atoms with Gasteiger partial charge in [-0.15, -0.1) is 24.0 Å². The number of hydrogen-bond donors (Lipinski definition) is 2. The second-order valence-corrected chi connectivity index (χ2v) is 10.3. The maximum absolute atomic E-state index is 12.3. The normalized spacial score (nSPS) is 19.8. The molecule has 1 saturated carbocycles. The maximum Gasteiger partial charge on any atom is 0.191 e. The van der Waals surface area contributed by atoms with E-state index >= 15 is 0 Å². The van der Waals surface area contributed by atoms with Gasteiger partial charge < -0.3 is 10.6 Å². The van der Waals surface area contributed by atoms with E-state index in [9.17, 15) is 4.21 Å². The first-order valence-corrected chi connectivity index (χ1v) is 12.9. The second kappa shape index (κ2) is 13.3. The highest BCUT2D eigenvalue weighted by Crippen LogP contribution is 2.23. The summed E-state index contributed by atoms with van der Waals surface area (Å²) in [6.45, 7) is 10.5. The molecule has 0 amide bonds. The lowest BCUT2D eigenvalue weighted by Crippen LogP contribution is -2.46. The fourth-order valence-corrected chi connectivity index (χ4v) is 5.64. The highest BCUT2D eigenvalue weighted by molar-refractivity contribution is 14.0. The summed E-state index contributed by atoms with van der Waals surface area (Å²) >= 11 is 0. The number of rotatable bonds is 8. The molecule has 0 radical (unpaired) electrons. The Balaban J connectivity index is 0.00000363. The molecule has 1 aliphatic rings. The van der Waals surface area contributed by atoms with Gasteiger partial charge in [0.25, 0.3) is 0 Å². The summed E-state index contributed by atoms with van der Waals surface area (Å²) in [4.78, 5) is 4.88. The zero-order chi connectivity index (χ0) is 22.2. The Labute approximate surface area is 212 Å². The van der Waals surface area contributed by atoms with Crippen LogP contribution in [-0.2, 0) is 23.9 Å². The van der Waals surface area contributed by atoms with Crippen molar-refractivity contribution >= 4 is 40.7 Å². The van der Waals surface area contributed by atoms with E-state index in [2.05, 4.69) is 60.4 Å².